The molecule has 1 aromatic heterocycles. The van der Waals surface area contributed by atoms with Gasteiger partial charge in [-0.05, 0) is 13.0 Å². The molecule has 0 saturated carbocycles. The predicted molar refractivity (Wildman–Crippen MR) is 52.2 cm³/mol. The number of nitriles is 1. The molecule has 1 aromatic rings. The minimum atomic E-state index is -0.969. The van der Waals surface area contributed by atoms with Crippen LogP contribution in [0.1, 0.15) is 12.6 Å². The Labute approximate surface area is 86.8 Å². The highest BCUT2D eigenvalue weighted by atomic mass is 16.4. The van der Waals surface area contributed by atoms with Crippen molar-refractivity contribution < 1.29 is 9.90 Å². The highest BCUT2D eigenvalue weighted by Gasteiger charge is 2.19. The van der Waals surface area contributed by atoms with E-state index in [4.69, 9.17) is 10.4 Å². The van der Waals surface area contributed by atoms with Crippen LogP contribution in [-0.4, -0.2) is 34.1 Å². The van der Waals surface area contributed by atoms with Gasteiger partial charge in [0.05, 0.1) is 0 Å². The average Bonchev–Trinajstić information content (AvgIpc) is 2.27. The van der Waals surface area contributed by atoms with Crippen molar-refractivity contribution in [1.82, 2.24) is 9.97 Å². The van der Waals surface area contributed by atoms with Crippen LogP contribution in [0.3, 0.4) is 0 Å². The van der Waals surface area contributed by atoms with E-state index in [-0.39, 0.29) is 11.6 Å². The first-order chi connectivity index (χ1) is 7.06. The summed E-state index contributed by atoms with van der Waals surface area (Å²) >= 11 is 0. The molecule has 0 saturated heterocycles. The van der Waals surface area contributed by atoms with Crippen LogP contribution in [0.5, 0.6) is 0 Å². The Kier molecular flexibility index (Phi) is 3.18. The summed E-state index contributed by atoms with van der Waals surface area (Å²) in [5, 5.41) is 17.4. The third-order valence-corrected chi connectivity index (χ3v) is 2.01. The largest absolute Gasteiger partial charge is 0.480 e. The van der Waals surface area contributed by atoms with E-state index in [1.807, 2.05) is 6.07 Å². The molecule has 6 nitrogen and oxygen atoms in total. The Morgan fingerprint density at radius 3 is 2.93 bits per heavy atom. The fraction of sp³-hybridized carbons (Fsp3) is 0.333. The molecule has 0 radical (unpaired) electrons. The Hall–Kier alpha value is -2.16. The van der Waals surface area contributed by atoms with Gasteiger partial charge in [-0.15, -0.1) is 0 Å². The van der Waals surface area contributed by atoms with Gasteiger partial charge in [-0.2, -0.15) is 5.26 Å². The molecule has 78 valence electrons. The standard InChI is InChI=1S/C9H10N4O2/c1-6(8(14)15)13(2)9-11-4-3-7(5-10)12-9/h3-4,6H,1-2H3,(H,14,15). The van der Waals surface area contributed by atoms with Crippen molar-refractivity contribution in [2.45, 2.75) is 13.0 Å². The van der Waals surface area contributed by atoms with Gasteiger partial charge in [0.1, 0.15) is 17.8 Å². The highest BCUT2D eigenvalue weighted by Crippen LogP contribution is 2.08. The summed E-state index contributed by atoms with van der Waals surface area (Å²) in [4.78, 5) is 19.9. The maximum absolute atomic E-state index is 10.7. The molecule has 0 aliphatic heterocycles. The predicted octanol–water partition coefficient (Wildman–Crippen LogP) is 0.258. The van der Waals surface area contributed by atoms with Crippen molar-refractivity contribution in [3.63, 3.8) is 0 Å². The van der Waals surface area contributed by atoms with Gasteiger partial charge in [0.25, 0.3) is 0 Å². The summed E-state index contributed by atoms with van der Waals surface area (Å²) in [6.07, 6.45) is 1.42. The lowest BCUT2D eigenvalue weighted by atomic mass is 10.3. The number of aromatic nitrogens is 2. The van der Waals surface area contributed by atoms with Crippen molar-refractivity contribution in [2.24, 2.45) is 0 Å². The number of hydrogen-bond acceptors (Lipinski definition) is 5. The number of carboxylic acid groups (broad SMARTS) is 1. The monoisotopic (exact) mass is 206 g/mol. The molecule has 0 fully saturated rings. The van der Waals surface area contributed by atoms with E-state index in [1.165, 1.54) is 24.1 Å². The van der Waals surface area contributed by atoms with Crippen LogP contribution in [-0.2, 0) is 4.79 Å². The number of aliphatic carboxylic acids is 1. The zero-order valence-electron chi connectivity index (χ0n) is 8.38. The lowest BCUT2D eigenvalue weighted by Gasteiger charge is -2.20. The molecule has 1 N–H and O–H groups in total. The fourth-order valence-electron chi connectivity index (χ4n) is 0.919. The van der Waals surface area contributed by atoms with Crippen molar-refractivity contribution in [1.29, 1.82) is 5.26 Å². The molecular weight excluding hydrogens is 196 g/mol. The number of carboxylic acids is 1. The topological polar surface area (TPSA) is 90.1 Å². The van der Waals surface area contributed by atoms with E-state index < -0.39 is 12.0 Å². The third kappa shape index (κ3) is 2.40. The Morgan fingerprint density at radius 1 is 1.73 bits per heavy atom. The third-order valence-electron chi connectivity index (χ3n) is 2.01. The molecule has 1 unspecified atom stereocenters. The van der Waals surface area contributed by atoms with Crippen LogP contribution in [0.4, 0.5) is 5.95 Å². The average molecular weight is 206 g/mol. The first kappa shape index (κ1) is 10.9. The van der Waals surface area contributed by atoms with Crippen LogP contribution in [0, 0.1) is 11.3 Å². The van der Waals surface area contributed by atoms with Gasteiger partial charge < -0.3 is 10.0 Å². The van der Waals surface area contributed by atoms with Crippen molar-refractivity contribution in [2.75, 3.05) is 11.9 Å². The van der Waals surface area contributed by atoms with Crippen LogP contribution in [0.15, 0.2) is 12.3 Å². The second-order valence-electron chi connectivity index (χ2n) is 2.98. The molecule has 1 atom stereocenters. The zero-order valence-corrected chi connectivity index (χ0v) is 8.38. The first-order valence-electron chi connectivity index (χ1n) is 4.25. The molecule has 6 heteroatoms. The zero-order chi connectivity index (χ0) is 11.4. The summed E-state index contributed by atoms with van der Waals surface area (Å²) < 4.78 is 0. The molecule has 15 heavy (non-hydrogen) atoms. The SMILES string of the molecule is CC(C(=O)O)N(C)c1nccc(C#N)n1. The maximum Gasteiger partial charge on any atom is 0.326 e. The number of hydrogen-bond donors (Lipinski definition) is 1. The molecule has 0 bridgehead atoms. The summed E-state index contributed by atoms with van der Waals surface area (Å²) in [6, 6.07) is 2.59. The van der Waals surface area contributed by atoms with Crippen molar-refractivity contribution >= 4 is 11.9 Å². The Bertz CT molecular complexity index is 413. The van der Waals surface area contributed by atoms with Crippen LogP contribution in [0.25, 0.3) is 0 Å². The minimum absolute atomic E-state index is 0.212. The van der Waals surface area contributed by atoms with Gasteiger partial charge >= 0.3 is 5.97 Å². The lowest BCUT2D eigenvalue weighted by molar-refractivity contribution is -0.138. The van der Waals surface area contributed by atoms with E-state index in [0.29, 0.717) is 0 Å². The lowest BCUT2D eigenvalue weighted by Crippen LogP contribution is -2.36. The summed E-state index contributed by atoms with van der Waals surface area (Å²) in [5.74, 6) is -0.743. The van der Waals surface area contributed by atoms with Gasteiger partial charge in [-0.3, -0.25) is 0 Å². The molecule has 1 heterocycles. The fourth-order valence-corrected chi connectivity index (χ4v) is 0.919. The quantitative estimate of drug-likeness (QED) is 0.762. The number of nitrogens with zero attached hydrogens (tertiary/aromatic N) is 4. The molecular formula is C9H10N4O2. The van der Waals surface area contributed by atoms with E-state index in [0.717, 1.165) is 0 Å². The van der Waals surface area contributed by atoms with Crippen LogP contribution >= 0.6 is 0 Å². The first-order valence-corrected chi connectivity index (χ1v) is 4.25. The van der Waals surface area contributed by atoms with Crippen LogP contribution in [0.2, 0.25) is 0 Å². The van der Waals surface area contributed by atoms with E-state index >= 15 is 0 Å². The Morgan fingerprint density at radius 2 is 2.40 bits per heavy atom. The smallest absolute Gasteiger partial charge is 0.326 e. The van der Waals surface area contributed by atoms with E-state index in [9.17, 15) is 4.79 Å². The van der Waals surface area contributed by atoms with Gasteiger partial charge in [-0.1, -0.05) is 0 Å². The molecule has 1 rings (SSSR count). The number of anilines is 1. The van der Waals surface area contributed by atoms with Crippen molar-refractivity contribution in [3.05, 3.63) is 18.0 Å². The summed E-state index contributed by atoms with van der Waals surface area (Å²) in [6.45, 7) is 1.52. The number of rotatable bonds is 3. The van der Waals surface area contributed by atoms with Crippen molar-refractivity contribution in [3.8, 4) is 6.07 Å². The second-order valence-corrected chi connectivity index (χ2v) is 2.98. The summed E-state index contributed by atoms with van der Waals surface area (Å²) in [7, 11) is 1.56. The second kappa shape index (κ2) is 4.37. The minimum Gasteiger partial charge on any atom is -0.480 e. The highest BCUT2D eigenvalue weighted by molar-refractivity contribution is 5.76. The molecule has 0 spiro atoms. The van der Waals surface area contributed by atoms with Crippen LogP contribution < -0.4 is 4.90 Å². The maximum atomic E-state index is 10.7. The van der Waals surface area contributed by atoms with Gasteiger partial charge in [-0.25, -0.2) is 14.8 Å². The molecule has 0 aliphatic rings. The van der Waals surface area contributed by atoms with Gasteiger partial charge in [0.2, 0.25) is 5.95 Å². The number of carbonyl (C=O) groups is 1. The van der Waals surface area contributed by atoms with E-state index in [1.54, 1.807) is 7.05 Å². The number of likely N-dealkylation sites (N-methyl/N-ethyl adjacent to an activating group) is 1. The van der Waals surface area contributed by atoms with Gasteiger partial charge in [0.15, 0.2) is 0 Å². The molecule has 0 amide bonds. The van der Waals surface area contributed by atoms with E-state index in [2.05, 4.69) is 9.97 Å². The Balaban J connectivity index is 2.96. The summed E-state index contributed by atoms with van der Waals surface area (Å²) in [5.41, 5.74) is 0.212. The molecule has 0 aromatic carbocycles. The normalized spacial score (nSPS) is 11.5. The van der Waals surface area contributed by atoms with Gasteiger partial charge in [0, 0.05) is 13.2 Å². The molecule has 0 aliphatic carbocycles.